The Hall–Kier alpha value is -1.35. The number of Topliss-reactive ketones (excluding diaryl/α,β-unsaturated/α-hetero) is 1. The first kappa shape index (κ1) is 13.1. The van der Waals surface area contributed by atoms with E-state index in [2.05, 4.69) is 12.2 Å². The van der Waals surface area contributed by atoms with Crippen molar-refractivity contribution in [3.8, 4) is 5.75 Å². The number of rotatable bonds is 4. The number of benzene rings is 1. The number of ketones is 1. The van der Waals surface area contributed by atoms with Crippen LogP contribution in [-0.4, -0.2) is 26.0 Å². The highest BCUT2D eigenvalue weighted by Gasteiger charge is 2.23. The molecule has 1 aromatic carbocycles. The van der Waals surface area contributed by atoms with Gasteiger partial charge in [0.25, 0.3) is 0 Å². The maximum atomic E-state index is 12.5. The minimum Gasteiger partial charge on any atom is -0.497 e. The molecule has 3 nitrogen and oxygen atoms in total. The predicted octanol–water partition coefficient (Wildman–Crippen LogP) is 2.44. The Morgan fingerprint density at radius 2 is 2.11 bits per heavy atom. The van der Waals surface area contributed by atoms with E-state index in [1.165, 1.54) is 0 Å². The normalized spacial score (nSPS) is 16.6. The van der Waals surface area contributed by atoms with Gasteiger partial charge >= 0.3 is 0 Å². The monoisotopic (exact) mass is 247 g/mol. The number of nitrogens with one attached hydrogen (secondary N) is 1. The zero-order valence-corrected chi connectivity index (χ0v) is 11.2. The van der Waals surface area contributed by atoms with Gasteiger partial charge in [-0.2, -0.15) is 0 Å². The van der Waals surface area contributed by atoms with E-state index < -0.39 is 0 Å². The van der Waals surface area contributed by atoms with Crippen LogP contribution in [0.3, 0.4) is 0 Å². The molecular weight excluding hydrogens is 226 g/mol. The van der Waals surface area contributed by atoms with Crippen molar-refractivity contribution in [2.24, 2.45) is 5.92 Å². The van der Waals surface area contributed by atoms with Crippen molar-refractivity contribution in [3.05, 3.63) is 29.3 Å². The Labute approximate surface area is 109 Å². The quantitative estimate of drug-likeness (QED) is 0.830. The molecule has 1 aliphatic rings. The smallest absolute Gasteiger partial charge is 0.166 e. The van der Waals surface area contributed by atoms with Gasteiger partial charge in [-0.15, -0.1) is 0 Å². The van der Waals surface area contributed by atoms with Crippen LogP contribution in [0.4, 0.5) is 0 Å². The third-order valence-electron chi connectivity index (χ3n) is 3.67. The molecule has 2 rings (SSSR count). The highest BCUT2D eigenvalue weighted by atomic mass is 16.5. The fraction of sp³-hybridized carbons (Fsp3) is 0.533. The highest BCUT2D eigenvalue weighted by Crippen LogP contribution is 2.24. The molecule has 0 amide bonds. The van der Waals surface area contributed by atoms with Crippen LogP contribution in [0, 0.1) is 5.92 Å². The number of hydrogen-bond acceptors (Lipinski definition) is 3. The summed E-state index contributed by atoms with van der Waals surface area (Å²) in [4.78, 5) is 12.5. The van der Waals surface area contributed by atoms with Gasteiger partial charge in [-0.1, -0.05) is 6.92 Å². The predicted molar refractivity (Wildman–Crippen MR) is 72.3 cm³/mol. The van der Waals surface area contributed by atoms with Crippen molar-refractivity contribution in [1.29, 1.82) is 0 Å². The molecule has 1 aromatic rings. The number of methoxy groups -OCH3 is 1. The van der Waals surface area contributed by atoms with Crippen LogP contribution in [0.2, 0.25) is 0 Å². The van der Waals surface area contributed by atoms with Crippen LogP contribution in [0.15, 0.2) is 18.2 Å². The lowest BCUT2D eigenvalue weighted by Crippen LogP contribution is -2.32. The fourth-order valence-corrected chi connectivity index (χ4v) is 2.53. The second-order valence-corrected chi connectivity index (χ2v) is 4.77. The summed E-state index contributed by atoms with van der Waals surface area (Å²) in [6.07, 6.45) is 2.77. The van der Waals surface area contributed by atoms with Crippen molar-refractivity contribution in [2.45, 2.75) is 26.2 Å². The maximum absolute atomic E-state index is 12.5. The summed E-state index contributed by atoms with van der Waals surface area (Å²) in [6, 6.07) is 5.78. The molecule has 98 valence electrons. The van der Waals surface area contributed by atoms with E-state index >= 15 is 0 Å². The van der Waals surface area contributed by atoms with E-state index in [1.807, 2.05) is 18.2 Å². The molecule has 0 aromatic heterocycles. The molecular formula is C15H21NO2. The van der Waals surface area contributed by atoms with E-state index in [4.69, 9.17) is 4.74 Å². The van der Waals surface area contributed by atoms with Crippen molar-refractivity contribution in [3.63, 3.8) is 0 Å². The van der Waals surface area contributed by atoms with Gasteiger partial charge in [0.05, 0.1) is 7.11 Å². The summed E-state index contributed by atoms with van der Waals surface area (Å²) in [5, 5.41) is 3.30. The van der Waals surface area contributed by atoms with Crippen LogP contribution in [-0.2, 0) is 6.42 Å². The van der Waals surface area contributed by atoms with Gasteiger partial charge in [-0.05, 0) is 56.1 Å². The molecule has 18 heavy (non-hydrogen) atoms. The zero-order chi connectivity index (χ0) is 13.0. The molecule has 1 saturated heterocycles. The Kier molecular flexibility index (Phi) is 4.37. The van der Waals surface area contributed by atoms with E-state index in [-0.39, 0.29) is 5.92 Å². The van der Waals surface area contributed by atoms with Gasteiger partial charge < -0.3 is 10.1 Å². The topological polar surface area (TPSA) is 38.3 Å². The number of aryl methyl sites for hydroxylation is 1. The summed E-state index contributed by atoms with van der Waals surface area (Å²) in [6.45, 7) is 3.98. The minimum atomic E-state index is 0.185. The van der Waals surface area contributed by atoms with Crippen molar-refractivity contribution in [2.75, 3.05) is 20.2 Å². The maximum Gasteiger partial charge on any atom is 0.166 e. The van der Waals surface area contributed by atoms with Crippen molar-refractivity contribution < 1.29 is 9.53 Å². The Bertz CT molecular complexity index is 423. The van der Waals surface area contributed by atoms with E-state index in [9.17, 15) is 4.79 Å². The SMILES string of the molecule is CCc1cc(OC)ccc1C(=O)C1CCNCC1. The first-order chi connectivity index (χ1) is 8.76. The van der Waals surface area contributed by atoms with Crippen molar-refractivity contribution >= 4 is 5.78 Å². The Morgan fingerprint density at radius 3 is 2.72 bits per heavy atom. The molecule has 1 N–H and O–H groups in total. The average molecular weight is 247 g/mol. The van der Waals surface area contributed by atoms with Crippen LogP contribution < -0.4 is 10.1 Å². The van der Waals surface area contributed by atoms with E-state index in [1.54, 1.807) is 7.11 Å². The number of hydrogen-bond donors (Lipinski definition) is 1. The lowest BCUT2D eigenvalue weighted by atomic mass is 9.87. The molecule has 0 atom stereocenters. The van der Waals surface area contributed by atoms with Crippen LogP contribution in [0.1, 0.15) is 35.7 Å². The molecule has 1 aliphatic heterocycles. The minimum absolute atomic E-state index is 0.185. The first-order valence-corrected chi connectivity index (χ1v) is 6.68. The zero-order valence-electron chi connectivity index (χ0n) is 11.2. The van der Waals surface area contributed by atoms with Gasteiger partial charge in [-0.25, -0.2) is 0 Å². The molecule has 0 radical (unpaired) electrons. The molecule has 3 heteroatoms. The summed E-state index contributed by atoms with van der Waals surface area (Å²) >= 11 is 0. The largest absolute Gasteiger partial charge is 0.497 e. The summed E-state index contributed by atoms with van der Waals surface area (Å²) in [5.74, 6) is 1.31. The van der Waals surface area contributed by atoms with Crippen LogP contribution >= 0.6 is 0 Å². The molecule has 1 heterocycles. The first-order valence-electron chi connectivity index (χ1n) is 6.68. The third kappa shape index (κ3) is 2.72. The van der Waals surface area contributed by atoms with E-state index in [0.29, 0.717) is 5.78 Å². The average Bonchev–Trinajstić information content (AvgIpc) is 2.46. The fourth-order valence-electron chi connectivity index (χ4n) is 2.53. The number of ether oxygens (including phenoxy) is 1. The van der Waals surface area contributed by atoms with Gasteiger partial charge in [0.1, 0.15) is 5.75 Å². The molecule has 0 unspecified atom stereocenters. The summed E-state index contributed by atoms with van der Waals surface area (Å²) in [5.41, 5.74) is 1.98. The standard InChI is InChI=1S/C15H21NO2/c1-3-11-10-13(18-2)4-5-14(11)15(17)12-6-8-16-9-7-12/h4-5,10,12,16H,3,6-9H2,1-2H3. The molecule has 0 aliphatic carbocycles. The third-order valence-corrected chi connectivity index (χ3v) is 3.67. The van der Waals surface area contributed by atoms with Crippen molar-refractivity contribution in [1.82, 2.24) is 5.32 Å². The number of carbonyl (C=O) groups is 1. The van der Waals surface area contributed by atoms with Crippen LogP contribution in [0.25, 0.3) is 0 Å². The molecule has 0 saturated carbocycles. The van der Waals surface area contributed by atoms with Gasteiger partial charge in [0.15, 0.2) is 5.78 Å². The second-order valence-electron chi connectivity index (χ2n) is 4.77. The molecule has 0 bridgehead atoms. The summed E-state index contributed by atoms with van der Waals surface area (Å²) < 4.78 is 5.22. The molecule has 0 spiro atoms. The van der Waals surface area contributed by atoms with Gasteiger partial charge in [0, 0.05) is 11.5 Å². The van der Waals surface area contributed by atoms with Crippen LogP contribution in [0.5, 0.6) is 5.75 Å². The Balaban J connectivity index is 2.23. The highest BCUT2D eigenvalue weighted by molar-refractivity contribution is 5.99. The van der Waals surface area contributed by atoms with E-state index in [0.717, 1.165) is 49.2 Å². The van der Waals surface area contributed by atoms with Gasteiger partial charge in [0.2, 0.25) is 0 Å². The number of carbonyl (C=O) groups excluding carboxylic acids is 1. The summed E-state index contributed by atoms with van der Waals surface area (Å²) in [7, 11) is 1.66. The second kappa shape index (κ2) is 6.01. The lowest BCUT2D eigenvalue weighted by molar-refractivity contribution is 0.0894. The molecule has 1 fully saturated rings. The lowest BCUT2D eigenvalue weighted by Gasteiger charge is -2.22. The number of piperidine rings is 1. The Morgan fingerprint density at radius 1 is 1.39 bits per heavy atom. The van der Waals surface area contributed by atoms with Gasteiger partial charge in [-0.3, -0.25) is 4.79 Å².